The molecule has 144 valence electrons. The van der Waals surface area contributed by atoms with E-state index in [1.54, 1.807) is 23.1 Å². The SMILES string of the molecule is c1ccc(C(Sc2nc3ccccc3s2)=C(c2ccccc2)c2ccccc2)cc1. The molecule has 0 radical (unpaired) electrons. The Morgan fingerprint density at radius 2 is 1.07 bits per heavy atom. The van der Waals surface area contributed by atoms with Gasteiger partial charge < -0.3 is 0 Å². The summed E-state index contributed by atoms with van der Waals surface area (Å²) in [5.74, 6) is 0. The Morgan fingerprint density at radius 1 is 0.567 bits per heavy atom. The third kappa shape index (κ3) is 3.95. The monoisotopic (exact) mass is 421 g/mol. The van der Waals surface area contributed by atoms with Crippen molar-refractivity contribution in [2.75, 3.05) is 0 Å². The molecule has 0 atom stereocenters. The van der Waals surface area contributed by atoms with E-state index in [2.05, 4.69) is 109 Å². The smallest absolute Gasteiger partial charge is 0.155 e. The van der Waals surface area contributed by atoms with E-state index in [-0.39, 0.29) is 0 Å². The summed E-state index contributed by atoms with van der Waals surface area (Å²) in [6, 6.07) is 40.2. The quantitative estimate of drug-likeness (QED) is 0.211. The molecule has 0 N–H and O–H groups in total. The minimum absolute atomic E-state index is 1.05. The maximum atomic E-state index is 4.90. The number of nitrogens with zero attached hydrogens (tertiary/aromatic N) is 1. The zero-order valence-corrected chi connectivity index (χ0v) is 17.9. The zero-order valence-electron chi connectivity index (χ0n) is 16.2. The van der Waals surface area contributed by atoms with E-state index in [1.165, 1.54) is 31.9 Å². The van der Waals surface area contributed by atoms with Gasteiger partial charge in [-0.2, -0.15) is 0 Å². The van der Waals surface area contributed by atoms with Crippen LogP contribution in [0, 0.1) is 0 Å². The van der Waals surface area contributed by atoms with Crippen molar-refractivity contribution in [1.82, 2.24) is 4.98 Å². The highest BCUT2D eigenvalue weighted by molar-refractivity contribution is 8.10. The predicted octanol–water partition coefficient (Wildman–Crippen LogP) is 8.01. The number of fused-ring (bicyclic) bond motifs is 1. The van der Waals surface area contributed by atoms with Crippen molar-refractivity contribution in [3.05, 3.63) is 132 Å². The lowest BCUT2D eigenvalue weighted by Gasteiger charge is -2.16. The van der Waals surface area contributed by atoms with Crippen LogP contribution in [0.4, 0.5) is 0 Å². The van der Waals surface area contributed by atoms with E-state index >= 15 is 0 Å². The van der Waals surface area contributed by atoms with Gasteiger partial charge in [0, 0.05) is 10.5 Å². The van der Waals surface area contributed by atoms with E-state index < -0.39 is 0 Å². The van der Waals surface area contributed by atoms with Crippen molar-refractivity contribution in [2.45, 2.75) is 4.34 Å². The van der Waals surface area contributed by atoms with E-state index in [9.17, 15) is 0 Å². The molecule has 0 spiro atoms. The fourth-order valence-electron chi connectivity index (χ4n) is 3.46. The number of hydrogen-bond acceptors (Lipinski definition) is 3. The van der Waals surface area contributed by atoms with Crippen LogP contribution in [0.5, 0.6) is 0 Å². The highest BCUT2D eigenvalue weighted by Gasteiger charge is 2.17. The summed E-state index contributed by atoms with van der Waals surface area (Å²) in [7, 11) is 0. The molecule has 0 saturated carbocycles. The summed E-state index contributed by atoms with van der Waals surface area (Å²) in [5, 5.41) is 0. The van der Waals surface area contributed by atoms with Gasteiger partial charge in [-0.05, 0) is 28.8 Å². The minimum Gasteiger partial charge on any atom is -0.229 e. The van der Waals surface area contributed by atoms with Crippen LogP contribution in [0.25, 0.3) is 20.7 Å². The molecule has 30 heavy (non-hydrogen) atoms. The van der Waals surface area contributed by atoms with Crippen molar-refractivity contribution in [3.8, 4) is 0 Å². The second kappa shape index (κ2) is 8.70. The normalized spacial score (nSPS) is 10.8. The van der Waals surface area contributed by atoms with Gasteiger partial charge in [0.25, 0.3) is 0 Å². The van der Waals surface area contributed by atoms with Crippen LogP contribution in [-0.2, 0) is 0 Å². The molecular weight excluding hydrogens is 402 g/mol. The van der Waals surface area contributed by atoms with Crippen molar-refractivity contribution in [3.63, 3.8) is 0 Å². The van der Waals surface area contributed by atoms with Crippen LogP contribution >= 0.6 is 23.1 Å². The number of thiazole rings is 1. The zero-order chi connectivity index (χ0) is 20.2. The van der Waals surface area contributed by atoms with E-state index in [0.717, 1.165) is 9.86 Å². The molecule has 0 aliphatic heterocycles. The molecule has 3 heteroatoms. The summed E-state index contributed by atoms with van der Waals surface area (Å²) in [6.45, 7) is 0. The molecule has 1 aromatic heterocycles. The summed E-state index contributed by atoms with van der Waals surface area (Å²) in [5.41, 5.74) is 5.89. The molecule has 0 aliphatic carbocycles. The average molecular weight is 422 g/mol. The number of hydrogen-bond donors (Lipinski definition) is 0. The summed E-state index contributed by atoms with van der Waals surface area (Å²) in [4.78, 5) is 6.11. The van der Waals surface area contributed by atoms with Crippen LogP contribution in [0.2, 0.25) is 0 Å². The van der Waals surface area contributed by atoms with Crippen molar-refractivity contribution < 1.29 is 0 Å². The van der Waals surface area contributed by atoms with Crippen LogP contribution in [0.3, 0.4) is 0 Å². The van der Waals surface area contributed by atoms with Gasteiger partial charge in [0.2, 0.25) is 0 Å². The highest BCUT2D eigenvalue weighted by Crippen LogP contribution is 2.44. The van der Waals surface area contributed by atoms with E-state index in [0.29, 0.717) is 0 Å². The second-order valence-corrected chi connectivity index (χ2v) is 9.14. The molecule has 4 aromatic carbocycles. The first kappa shape index (κ1) is 18.9. The van der Waals surface area contributed by atoms with Gasteiger partial charge in [-0.15, -0.1) is 11.3 Å². The summed E-state index contributed by atoms with van der Waals surface area (Å²) >= 11 is 3.50. The van der Waals surface area contributed by atoms with Crippen LogP contribution in [-0.4, -0.2) is 4.98 Å². The number of rotatable bonds is 5. The Hall–Kier alpha value is -3.14. The molecule has 1 heterocycles. The van der Waals surface area contributed by atoms with E-state index in [4.69, 9.17) is 4.98 Å². The average Bonchev–Trinajstić information content (AvgIpc) is 3.23. The molecule has 0 aliphatic rings. The Kier molecular flexibility index (Phi) is 5.47. The van der Waals surface area contributed by atoms with Crippen molar-refractivity contribution in [2.24, 2.45) is 0 Å². The van der Waals surface area contributed by atoms with E-state index in [1.807, 2.05) is 6.07 Å². The maximum absolute atomic E-state index is 4.90. The van der Waals surface area contributed by atoms with Gasteiger partial charge in [0.05, 0.1) is 10.2 Å². The fraction of sp³-hybridized carbons (Fsp3) is 0. The third-order valence-electron chi connectivity index (χ3n) is 4.85. The Labute approximate surface area is 184 Å². The van der Waals surface area contributed by atoms with Gasteiger partial charge in [-0.25, -0.2) is 4.98 Å². The first-order valence-electron chi connectivity index (χ1n) is 9.82. The Balaban J connectivity index is 1.74. The summed E-state index contributed by atoms with van der Waals surface area (Å²) in [6.07, 6.45) is 0. The third-order valence-corrected chi connectivity index (χ3v) is 7.09. The van der Waals surface area contributed by atoms with Crippen molar-refractivity contribution >= 4 is 43.8 Å². The van der Waals surface area contributed by atoms with Crippen LogP contribution in [0.1, 0.15) is 16.7 Å². The van der Waals surface area contributed by atoms with Crippen LogP contribution < -0.4 is 0 Å². The molecule has 0 unspecified atom stereocenters. The first-order chi connectivity index (χ1) is 14.9. The fourth-order valence-corrected chi connectivity index (χ4v) is 5.76. The minimum atomic E-state index is 1.05. The highest BCUT2D eigenvalue weighted by atomic mass is 32.2. The second-order valence-electron chi connectivity index (χ2n) is 6.85. The Morgan fingerprint density at radius 3 is 1.63 bits per heavy atom. The molecule has 0 fully saturated rings. The number of thioether (sulfide) groups is 1. The molecular formula is C27H19NS2. The van der Waals surface area contributed by atoms with Crippen LogP contribution in [0.15, 0.2) is 120 Å². The Bertz CT molecular complexity index is 1220. The molecule has 5 aromatic rings. The van der Waals surface area contributed by atoms with Gasteiger partial charge in [-0.1, -0.05) is 115 Å². The van der Waals surface area contributed by atoms with Gasteiger partial charge in [-0.3, -0.25) is 0 Å². The maximum Gasteiger partial charge on any atom is 0.155 e. The first-order valence-corrected chi connectivity index (χ1v) is 11.5. The topological polar surface area (TPSA) is 12.9 Å². The summed E-state index contributed by atoms with van der Waals surface area (Å²) < 4.78 is 2.27. The molecule has 0 bridgehead atoms. The molecule has 1 nitrogen and oxygen atoms in total. The predicted molar refractivity (Wildman–Crippen MR) is 131 cm³/mol. The largest absolute Gasteiger partial charge is 0.229 e. The molecule has 0 amide bonds. The van der Waals surface area contributed by atoms with Gasteiger partial charge in [0.15, 0.2) is 4.34 Å². The lowest BCUT2D eigenvalue weighted by atomic mass is 9.95. The van der Waals surface area contributed by atoms with Gasteiger partial charge >= 0.3 is 0 Å². The molecule has 5 rings (SSSR count). The molecule has 0 saturated heterocycles. The van der Waals surface area contributed by atoms with Gasteiger partial charge in [0.1, 0.15) is 0 Å². The number of aromatic nitrogens is 1. The lowest BCUT2D eigenvalue weighted by Crippen LogP contribution is -1.93. The van der Waals surface area contributed by atoms with Crippen molar-refractivity contribution in [1.29, 1.82) is 0 Å². The lowest BCUT2D eigenvalue weighted by molar-refractivity contribution is 1.31. The number of benzene rings is 4. The number of para-hydroxylation sites is 1. The standard InChI is InChI=1S/C27H19NS2/c1-4-12-20(13-5-1)25(21-14-6-2-7-15-21)26(22-16-8-3-9-17-22)30-27-28-23-18-10-11-19-24(23)29-27/h1-19H.